The topological polar surface area (TPSA) is 0 Å². The summed E-state index contributed by atoms with van der Waals surface area (Å²) in [5, 5.41) is 19.8. The van der Waals surface area contributed by atoms with Gasteiger partial charge in [-0.25, -0.2) is 0 Å². The van der Waals surface area contributed by atoms with Gasteiger partial charge in [0, 0.05) is 5.41 Å². The Labute approximate surface area is 444 Å². The number of hydrogen-bond acceptors (Lipinski definition) is 0. The third-order valence-electron chi connectivity index (χ3n) is 17.1. The van der Waals surface area contributed by atoms with Gasteiger partial charge in [-0.1, -0.05) is 250 Å². The molecule has 0 amide bonds. The normalized spacial score (nSPS) is 13.1. The van der Waals surface area contributed by atoms with Gasteiger partial charge >= 0.3 is 0 Å². The lowest BCUT2D eigenvalue weighted by atomic mass is 9.79. The van der Waals surface area contributed by atoms with E-state index in [1.165, 1.54) is 158 Å². The van der Waals surface area contributed by atoms with Crippen LogP contribution in [0.15, 0.2) is 261 Å². The Hall–Kier alpha value is -8.93. The zero-order chi connectivity index (χ0) is 50.2. The summed E-state index contributed by atoms with van der Waals surface area (Å²) in [6.45, 7) is 4.90. The molecule has 0 spiro atoms. The Balaban J connectivity index is 0.866. The predicted octanol–water partition coefficient (Wildman–Crippen LogP) is 19.3. The molecule has 0 atom stereocenters. The largest absolute Gasteiger partial charge is 0.0622 e. The molecule has 1 heteroatoms. The molecule has 0 fully saturated rings. The lowest BCUT2D eigenvalue weighted by Crippen LogP contribution is -2.22. The first-order valence-corrected chi connectivity index (χ1v) is 28.0. The number of hydrogen-bond donors (Lipinski definition) is 0. The molecule has 76 heavy (non-hydrogen) atoms. The third kappa shape index (κ3) is 6.23. The van der Waals surface area contributed by atoms with E-state index in [1.807, 2.05) is 0 Å². The van der Waals surface area contributed by atoms with Gasteiger partial charge in [0.15, 0.2) is 0 Å². The first kappa shape index (κ1) is 43.5. The SMILES string of the molecule is CC1(C)c2cc(-c3ccc(P(c4cc5ccccc5c5ccccc45)c4cc5ccccc5c5ccccc45)cc3)ccc2-c2c1cc1c3c(cccc23)-c2c-1c(-c1ccccc1)c1ccccc1c2-c1ccccc1. The molecule has 2 aliphatic rings. The summed E-state index contributed by atoms with van der Waals surface area (Å²) in [5.41, 5.74) is 18.2. The summed E-state index contributed by atoms with van der Waals surface area (Å²) >= 11 is 0. The van der Waals surface area contributed by atoms with Gasteiger partial charge in [0.25, 0.3) is 0 Å². The van der Waals surface area contributed by atoms with Crippen molar-refractivity contribution in [2.45, 2.75) is 19.3 Å². The van der Waals surface area contributed by atoms with Crippen molar-refractivity contribution in [1.29, 1.82) is 0 Å². The van der Waals surface area contributed by atoms with Crippen molar-refractivity contribution in [3.63, 3.8) is 0 Å². The minimum absolute atomic E-state index is 0.251. The fourth-order valence-corrected chi connectivity index (χ4v) is 16.4. The smallest absolute Gasteiger partial charge is 0.0159 e. The fourth-order valence-electron chi connectivity index (χ4n) is 13.7. The van der Waals surface area contributed by atoms with E-state index in [4.69, 9.17) is 0 Å². The van der Waals surface area contributed by atoms with Crippen LogP contribution in [-0.4, -0.2) is 0 Å². The summed E-state index contributed by atoms with van der Waals surface area (Å²) in [5.74, 6) is 0. The van der Waals surface area contributed by atoms with Gasteiger partial charge in [-0.2, -0.15) is 0 Å². The average molecular weight is 981 g/mol. The summed E-state index contributed by atoms with van der Waals surface area (Å²) in [7, 11) is -1.00. The van der Waals surface area contributed by atoms with Crippen LogP contribution in [0.1, 0.15) is 25.0 Å². The van der Waals surface area contributed by atoms with Crippen LogP contribution in [0.5, 0.6) is 0 Å². The molecule has 0 heterocycles. The molecule has 14 aromatic carbocycles. The van der Waals surface area contributed by atoms with Gasteiger partial charge in [0.05, 0.1) is 0 Å². The van der Waals surface area contributed by atoms with Crippen molar-refractivity contribution < 1.29 is 0 Å². The van der Waals surface area contributed by atoms with Gasteiger partial charge < -0.3 is 0 Å². The summed E-state index contributed by atoms with van der Waals surface area (Å²) in [4.78, 5) is 0. The summed E-state index contributed by atoms with van der Waals surface area (Å²) < 4.78 is 0. The van der Waals surface area contributed by atoms with Crippen molar-refractivity contribution >= 4 is 88.5 Å². The van der Waals surface area contributed by atoms with Crippen LogP contribution >= 0.6 is 7.92 Å². The second-order valence-corrected chi connectivity index (χ2v) is 23.6. The highest BCUT2D eigenvalue weighted by Gasteiger charge is 2.40. The van der Waals surface area contributed by atoms with Gasteiger partial charge in [0.1, 0.15) is 0 Å². The summed E-state index contributed by atoms with van der Waals surface area (Å²) in [6.07, 6.45) is 0. The van der Waals surface area contributed by atoms with Crippen LogP contribution in [0.4, 0.5) is 0 Å². The van der Waals surface area contributed by atoms with Crippen LogP contribution in [-0.2, 0) is 5.41 Å². The third-order valence-corrected chi connectivity index (χ3v) is 19.6. The van der Waals surface area contributed by atoms with E-state index in [9.17, 15) is 0 Å². The maximum absolute atomic E-state index is 2.59. The first-order chi connectivity index (χ1) is 37.5. The highest BCUT2D eigenvalue weighted by molar-refractivity contribution is 7.80. The lowest BCUT2D eigenvalue weighted by molar-refractivity contribution is 0.661. The van der Waals surface area contributed by atoms with E-state index < -0.39 is 7.92 Å². The van der Waals surface area contributed by atoms with E-state index in [2.05, 4.69) is 275 Å². The quantitative estimate of drug-likeness (QED) is 0.115. The molecule has 0 bridgehead atoms. The molecule has 2 aliphatic carbocycles. The standard InChI is InChI=1S/C75H49P/c1-75(2)65-42-49(46-36-39-52(40-37-46)76(67-43-50-24-9-11-26-53(50)55-28-13-15-30-57(55)67)68-44-51-25-10-12-27-54(51)56-29-14-16-31-58(56)68)38-41-61(65)72-62-34-19-35-63-71(62)64(45-66(72)75)74-70(48-22-7-4-8-23-48)60-33-18-17-32-59(60)69(73(63)74)47-20-5-3-6-21-47/h3-45H,1-2H3. The molecule has 0 saturated heterocycles. The monoisotopic (exact) mass is 980 g/mol. The van der Waals surface area contributed by atoms with E-state index in [0.717, 1.165) is 0 Å². The predicted molar refractivity (Wildman–Crippen MR) is 328 cm³/mol. The molecule has 0 aliphatic heterocycles. The van der Waals surface area contributed by atoms with Crippen LogP contribution in [0.3, 0.4) is 0 Å². The Kier molecular flexibility index (Phi) is 9.46. The van der Waals surface area contributed by atoms with Gasteiger partial charge in [-0.3, -0.25) is 0 Å². The molecule has 14 aromatic rings. The molecular formula is C75H49P. The van der Waals surface area contributed by atoms with Crippen LogP contribution in [0.2, 0.25) is 0 Å². The molecule has 0 unspecified atom stereocenters. The van der Waals surface area contributed by atoms with E-state index in [-0.39, 0.29) is 5.41 Å². The fraction of sp³-hybridized carbons (Fsp3) is 0.0400. The molecule has 0 radical (unpaired) electrons. The molecule has 0 N–H and O–H groups in total. The van der Waals surface area contributed by atoms with E-state index in [1.54, 1.807) is 0 Å². The number of fused-ring (bicyclic) bond motifs is 14. The van der Waals surface area contributed by atoms with E-state index >= 15 is 0 Å². The molecular weight excluding hydrogens is 932 g/mol. The zero-order valence-corrected chi connectivity index (χ0v) is 43.2. The van der Waals surface area contributed by atoms with E-state index in [0.29, 0.717) is 0 Å². The highest BCUT2D eigenvalue weighted by Crippen LogP contribution is 2.62. The second kappa shape index (κ2) is 16.5. The molecule has 0 aromatic heterocycles. The highest BCUT2D eigenvalue weighted by atomic mass is 31.1. The van der Waals surface area contributed by atoms with Crippen molar-refractivity contribution in [2.75, 3.05) is 0 Å². The number of benzene rings is 14. The lowest BCUT2D eigenvalue weighted by Gasteiger charge is -2.25. The molecule has 354 valence electrons. The molecule has 0 nitrogen and oxygen atoms in total. The van der Waals surface area contributed by atoms with Crippen molar-refractivity contribution in [3.8, 4) is 66.8 Å². The van der Waals surface area contributed by atoms with Crippen LogP contribution < -0.4 is 15.9 Å². The minimum atomic E-state index is -1.00. The van der Waals surface area contributed by atoms with Gasteiger partial charge in [-0.05, 0) is 191 Å². The Bertz CT molecular complexity index is 4640. The molecule has 0 saturated carbocycles. The molecule has 16 rings (SSSR count). The van der Waals surface area contributed by atoms with Crippen LogP contribution in [0.25, 0.3) is 131 Å². The second-order valence-electron chi connectivity index (χ2n) is 21.4. The first-order valence-electron chi connectivity index (χ1n) is 26.7. The summed E-state index contributed by atoms with van der Waals surface area (Å²) in [6, 6.07) is 98.8. The maximum atomic E-state index is 2.59. The maximum Gasteiger partial charge on any atom is 0.0159 e. The Morgan fingerprint density at radius 1 is 0.263 bits per heavy atom. The Morgan fingerprint density at radius 2 is 0.724 bits per heavy atom. The number of rotatable bonds is 6. The van der Waals surface area contributed by atoms with Crippen LogP contribution in [0, 0.1) is 0 Å². The van der Waals surface area contributed by atoms with Crippen molar-refractivity contribution in [2.24, 2.45) is 0 Å². The van der Waals surface area contributed by atoms with Gasteiger partial charge in [-0.15, -0.1) is 0 Å². The zero-order valence-electron chi connectivity index (χ0n) is 42.3. The Morgan fingerprint density at radius 3 is 1.29 bits per heavy atom. The van der Waals surface area contributed by atoms with Crippen molar-refractivity contribution in [3.05, 3.63) is 272 Å². The van der Waals surface area contributed by atoms with Crippen molar-refractivity contribution in [1.82, 2.24) is 0 Å². The average Bonchev–Trinajstić information content (AvgIpc) is 4.04. The van der Waals surface area contributed by atoms with Gasteiger partial charge in [0.2, 0.25) is 0 Å². The minimum Gasteiger partial charge on any atom is -0.0622 e.